The molecule has 0 spiro atoms. The third-order valence-electron chi connectivity index (χ3n) is 2.79. The molecule has 0 radical (unpaired) electrons. The van der Waals surface area contributed by atoms with Gasteiger partial charge in [0.15, 0.2) is 0 Å². The standard InChI is InChI=1S/C17H25NO2S/c1-4-6-11-21-14(3)18-17(19)13-15-8-7-9-16(12-15)20-10-5-2/h7-9,12H,3-6,10-11,13H2,1-2H3,(H,18,19). The number of unbranched alkanes of at least 4 members (excludes halogenated alkanes) is 1. The number of benzene rings is 1. The maximum absolute atomic E-state index is 12.0. The molecule has 1 aromatic carbocycles. The lowest BCUT2D eigenvalue weighted by Crippen LogP contribution is -2.22. The molecule has 1 rings (SSSR count). The Morgan fingerprint density at radius 3 is 2.86 bits per heavy atom. The first kappa shape index (κ1) is 17.6. The highest BCUT2D eigenvalue weighted by atomic mass is 32.2. The first-order valence-corrected chi connectivity index (χ1v) is 8.47. The van der Waals surface area contributed by atoms with E-state index in [2.05, 4.69) is 25.7 Å². The average molecular weight is 307 g/mol. The van der Waals surface area contributed by atoms with Crippen molar-refractivity contribution in [3.63, 3.8) is 0 Å². The van der Waals surface area contributed by atoms with Crippen molar-refractivity contribution in [2.75, 3.05) is 12.4 Å². The summed E-state index contributed by atoms with van der Waals surface area (Å²) in [5.41, 5.74) is 0.951. The first-order chi connectivity index (χ1) is 10.2. The number of rotatable bonds is 10. The van der Waals surface area contributed by atoms with Gasteiger partial charge in [0.25, 0.3) is 0 Å². The Balaban J connectivity index is 2.41. The molecule has 21 heavy (non-hydrogen) atoms. The van der Waals surface area contributed by atoms with Crippen LogP contribution in [0, 0.1) is 0 Å². The van der Waals surface area contributed by atoms with Crippen LogP contribution in [0.1, 0.15) is 38.7 Å². The second-order valence-electron chi connectivity index (χ2n) is 4.85. The number of carbonyl (C=O) groups excluding carboxylic acids is 1. The van der Waals surface area contributed by atoms with Gasteiger partial charge in [0.1, 0.15) is 5.75 Å². The summed E-state index contributed by atoms with van der Waals surface area (Å²) in [5, 5.41) is 3.57. The molecule has 1 aromatic rings. The monoisotopic (exact) mass is 307 g/mol. The molecule has 0 aliphatic rings. The minimum atomic E-state index is -0.0309. The van der Waals surface area contributed by atoms with Gasteiger partial charge in [-0.3, -0.25) is 4.79 Å². The molecule has 1 amide bonds. The van der Waals surface area contributed by atoms with Gasteiger partial charge < -0.3 is 10.1 Å². The van der Waals surface area contributed by atoms with Crippen molar-refractivity contribution in [3.8, 4) is 5.75 Å². The fraction of sp³-hybridized carbons (Fsp3) is 0.471. The predicted octanol–water partition coefficient (Wildman–Crippen LogP) is 4.14. The van der Waals surface area contributed by atoms with E-state index in [4.69, 9.17) is 4.74 Å². The Kier molecular flexibility index (Phi) is 8.67. The zero-order valence-corrected chi connectivity index (χ0v) is 13.8. The molecule has 4 heteroatoms. The summed E-state index contributed by atoms with van der Waals surface area (Å²) in [6, 6.07) is 7.68. The van der Waals surface area contributed by atoms with Crippen LogP contribution in [0.15, 0.2) is 35.9 Å². The van der Waals surface area contributed by atoms with Crippen molar-refractivity contribution in [1.29, 1.82) is 0 Å². The smallest absolute Gasteiger partial charge is 0.229 e. The van der Waals surface area contributed by atoms with Crippen molar-refractivity contribution in [3.05, 3.63) is 41.4 Å². The summed E-state index contributed by atoms with van der Waals surface area (Å²) >= 11 is 1.60. The number of carbonyl (C=O) groups is 1. The van der Waals surface area contributed by atoms with Gasteiger partial charge in [0.05, 0.1) is 18.1 Å². The van der Waals surface area contributed by atoms with Gasteiger partial charge in [-0.15, -0.1) is 11.8 Å². The van der Waals surface area contributed by atoms with E-state index in [1.807, 2.05) is 24.3 Å². The Morgan fingerprint density at radius 1 is 1.33 bits per heavy atom. The van der Waals surface area contributed by atoms with Crippen molar-refractivity contribution < 1.29 is 9.53 Å². The van der Waals surface area contributed by atoms with E-state index in [0.717, 1.165) is 41.4 Å². The lowest BCUT2D eigenvalue weighted by atomic mass is 10.1. The molecule has 1 N–H and O–H groups in total. The minimum Gasteiger partial charge on any atom is -0.494 e. The van der Waals surface area contributed by atoms with Crippen LogP contribution in [0.5, 0.6) is 5.75 Å². The third-order valence-corrected chi connectivity index (χ3v) is 3.73. The summed E-state index contributed by atoms with van der Waals surface area (Å²) in [6.07, 6.45) is 3.60. The topological polar surface area (TPSA) is 38.3 Å². The molecule has 3 nitrogen and oxygen atoms in total. The van der Waals surface area contributed by atoms with Crippen molar-refractivity contribution in [2.24, 2.45) is 0 Å². The van der Waals surface area contributed by atoms with E-state index in [1.54, 1.807) is 11.8 Å². The molecule has 0 unspecified atom stereocenters. The van der Waals surface area contributed by atoms with Crippen LogP contribution in [-0.2, 0) is 11.2 Å². The molecule has 0 aliphatic heterocycles. The van der Waals surface area contributed by atoms with Crippen molar-refractivity contribution in [1.82, 2.24) is 5.32 Å². The van der Waals surface area contributed by atoms with Gasteiger partial charge in [0.2, 0.25) is 5.91 Å². The summed E-state index contributed by atoms with van der Waals surface area (Å²) in [6.45, 7) is 8.78. The summed E-state index contributed by atoms with van der Waals surface area (Å²) < 4.78 is 5.57. The average Bonchev–Trinajstić information content (AvgIpc) is 2.45. The zero-order chi connectivity index (χ0) is 15.5. The van der Waals surface area contributed by atoms with Gasteiger partial charge in [-0.05, 0) is 36.3 Å². The fourth-order valence-corrected chi connectivity index (χ4v) is 2.59. The van der Waals surface area contributed by atoms with Crippen molar-refractivity contribution in [2.45, 2.75) is 39.5 Å². The summed E-state index contributed by atoms with van der Waals surface area (Å²) in [5.74, 6) is 1.78. The number of thioether (sulfide) groups is 1. The van der Waals surface area contributed by atoms with Crippen LogP contribution in [0.4, 0.5) is 0 Å². The number of hydrogen-bond acceptors (Lipinski definition) is 3. The quantitative estimate of drug-likeness (QED) is 0.660. The predicted molar refractivity (Wildman–Crippen MR) is 90.6 cm³/mol. The van der Waals surface area contributed by atoms with E-state index in [0.29, 0.717) is 13.0 Å². The molecule has 0 aliphatic carbocycles. The second kappa shape index (κ2) is 10.3. The van der Waals surface area contributed by atoms with E-state index >= 15 is 0 Å². The lowest BCUT2D eigenvalue weighted by molar-refractivity contribution is -0.119. The molecule has 0 atom stereocenters. The van der Waals surface area contributed by atoms with E-state index < -0.39 is 0 Å². The van der Waals surface area contributed by atoms with E-state index in [9.17, 15) is 4.79 Å². The van der Waals surface area contributed by atoms with E-state index in [-0.39, 0.29) is 5.91 Å². The normalized spacial score (nSPS) is 10.2. The maximum Gasteiger partial charge on any atom is 0.229 e. The molecular weight excluding hydrogens is 282 g/mol. The molecule has 0 aromatic heterocycles. The second-order valence-corrected chi connectivity index (χ2v) is 6.04. The molecule has 0 heterocycles. The number of ether oxygens (including phenoxy) is 1. The minimum absolute atomic E-state index is 0.0309. The molecule has 0 bridgehead atoms. The Labute approximate surface area is 132 Å². The van der Waals surface area contributed by atoms with Gasteiger partial charge in [-0.2, -0.15) is 0 Å². The van der Waals surface area contributed by atoms with Crippen LogP contribution in [0.25, 0.3) is 0 Å². The Hall–Kier alpha value is -1.42. The molecule has 116 valence electrons. The Morgan fingerprint density at radius 2 is 2.14 bits per heavy atom. The van der Waals surface area contributed by atoms with Gasteiger partial charge in [0, 0.05) is 0 Å². The van der Waals surface area contributed by atoms with Crippen LogP contribution in [0.3, 0.4) is 0 Å². The number of nitrogens with one attached hydrogen (secondary N) is 1. The summed E-state index contributed by atoms with van der Waals surface area (Å²) in [4.78, 5) is 12.0. The van der Waals surface area contributed by atoms with Gasteiger partial charge in [-0.25, -0.2) is 0 Å². The number of hydrogen-bond donors (Lipinski definition) is 1. The highest BCUT2D eigenvalue weighted by Gasteiger charge is 2.06. The highest BCUT2D eigenvalue weighted by Crippen LogP contribution is 2.15. The van der Waals surface area contributed by atoms with Crippen LogP contribution < -0.4 is 10.1 Å². The summed E-state index contributed by atoms with van der Waals surface area (Å²) in [7, 11) is 0. The molecular formula is C17H25NO2S. The van der Waals surface area contributed by atoms with Crippen LogP contribution in [0.2, 0.25) is 0 Å². The van der Waals surface area contributed by atoms with Crippen LogP contribution in [-0.4, -0.2) is 18.3 Å². The van der Waals surface area contributed by atoms with E-state index in [1.165, 1.54) is 0 Å². The Bertz CT molecular complexity index is 460. The molecule has 0 saturated heterocycles. The fourth-order valence-electron chi connectivity index (χ4n) is 1.73. The molecule has 0 saturated carbocycles. The van der Waals surface area contributed by atoms with Gasteiger partial charge >= 0.3 is 0 Å². The number of amides is 1. The molecule has 0 fully saturated rings. The maximum atomic E-state index is 12.0. The largest absolute Gasteiger partial charge is 0.494 e. The van der Waals surface area contributed by atoms with Crippen LogP contribution >= 0.6 is 11.8 Å². The lowest BCUT2D eigenvalue weighted by Gasteiger charge is -2.09. The first-order valence-electron chi connectivity index (χ1n) is 7.49. The van der Waals surface area contributed by atoms with Crippen molar-refractivity contribution >= 4 is 17.7 Å². The zero-order valence-electron chi connectivity index (χ0n) is 13.0. The highest BCUT2D eigenvalue weighted by molar-refractivity contribution is 8.03. The SMILES string of the molecule is C=C(NC(=O)Cc1cccc(OCCC)c1)SCCCC. The van der Waals surface area contributed by atoms with Gasteiger partial charge in [-0.1, -0.05) is 39.0 Å². The third kappa shape index (κ3) is 7.81.